The molecule has 0 spiro atoms. The minimum absolute atomic E-state index is 0.0930. The van der Waals surface area contributed by atoms with E-state index in [1.54, 1.807) is 30.3 Å². The van der Waals surface area contributed by atoms with Gasteiger partial charge in [-0.1, -0.05) is 35.3 Å². The topological polar surface area (TPSA) is 69.3 Å². The Labute approximate surface area is 185 Å². The number of furan rings is 1. The van der Waals surface area contributed by atoms with Gasteiger partial charge >= 0.3 is 6.18 Å². The molecular formula is C20H18Cl2F3N3O3. The van der Waals surface area contributed by atoms with Crippen molar-refractivity contribution in [3.63, 3.8) is 0 Å². The molecule has 3 aromatic rings. The first kappa shape index (κ1) is 23.0. The van der Waals surface area contributed by atoms with Gasteiger partial charge in [-0.25, -0.2) is 0 Å². The van der Waals surface area contributed by atoms with E-state index in [1.807, 2.05) is 0 Å². The lowest BCUT2D eigenvalue weighted by Gasteiger charge is -2.06. The van der Waals surface area contributed by atoms with Gasteiger partial charge in [0.2, 0.25) is 0 Å². The van der Waals surface area contributed by atoms with Crippen molar-refractivity contribution in [3.05, 3.63) is 69.4 Å². The van der Waals surface area contributed by atoms with Gasteiger partial charge in [0.05, 0.1) is 15.7 Å². The lowest BCUT2D eigenvalue weighted by atomic mass is 10.3. The molecule has 0 aliphatic carbocycles. The van der Waals surface area contributed by atoms with Crippen molar-refractivity contribution >= 4 is 29.1 Å². The summed E-state index contributed by atoms with van der Waals surface area (Å²) in [5.41, 5.74) is -0.896. The molecular weight excluding hydrogens is 458 g/mol. The Morgan fingerprint density at radius 2 is 1.97 bits per heavy atom. The predicted molar refractivity (Wildman–Crippen MR) is 108 cm³/mol. The van der Waals surface area contributed by atoms with Crippen molar-refractivity contribution in [1.82, 2.24) is 15.1 Å². The Balaban J connectivity index is 1.47. The molecule has 6 nitrogen and oxygen atoms in total. The Hall–Kier alpha value is -2.65. The molecule has 11 heteroatoms. The van der Waals surface area contributed by atoms with Crippen LogP contribution in [0, 0.1) is 6.92 Å². The summed E-state index contributed by atoms with van der Waals surface area (Å²) >= 11 is 11.7. The van der Waals surface area contributed by atoms with Gasteiger partial charge in [-0.15, -0.1) is 0 Å². The number of aryl methyl sites for hydroxylation is 1. The summed E-state index contributed by atoms with van der Waals surface area (Å²) in [6.07, 6.45) is -4.26. The van der Waals surface area contributed by atoms with Crippen LogP contribution in [-0.2, 0) is 19.3 Å². The van der Waals surface area contributed by atoms with Crippen LogP contribution in [0.2, 0.25) is 10.0 Å². The highest BCUT2D eigenvalue weighted by Gasteiger charge is 2.38. The zero-order chi connectivity index (χ0) is 22.6. The van der Waals surface area contributed by atoms with E-state index in [-0.39, 0.29) is 31.2 Å². The first-order valence-electron chi connectivity index (χ1n) is 9.21. The van der Waals surface area contributed by atoms with Crippen LogP contribution in [0.25, 0.3) is 0 Å². The summed E-state index contributed by atoms with van der Waals surface area (Å²) in [5, 5.41) is 6.20. The highest BCUT2D eigenvalue weighted by Crippen LogP contribution is 2.35. The fourth-order valence-electron chi connectivity index (χ4n) is 2.73. The molecule has 0 aliphatic rings. The Kier molecular flexibility index (Phi) is 7.17. The molecule has 2 heterocycles. The number of amides is 1. The van der Waals surface area contributed by atoms with Crippen molar-refractivity contribution in [2.24, 2.45) is 0 Å². The number of ether oxygens (including phenoxy) is 1. The minimum atomic E-state index is -4.62. The highest BCUT2D eigenvalue weighted by atomic mass is 35.5. The Morgan fingerprint density at radius 1 is 1.23 bits per heavy atom. The van der Waals surface area contributed by atoms with Crippen molar-refractivity contribution in [1.29, 1.82) is 0 Å². The third kappa shape index (κ3) is 5.74. The quantitative estimate of drug-likeness (QED) is 0.436. The molecule has 0 atom stereocenters. The SMILES string of the molecule is Cc1c(Cl)c(C(F)(F)F)nn1CCCNC(=O)c1ccc(COc2ccccc2Cl)o1. The van der Waals surface area contributed by atoms with Crippen LogP contribution in [0.1, 0.15) is 34.1 Å². The third-order valence-electron chi connectivity index (χ3n) is 4.33. The van der Waals surface area contributed by atoms with Crippen LogP contribution in [0.5, 0.6) is 5.75 Å². The van der Waals surface area contributed by atoms with E-state index in [0.717, 1.165) is 0 Å². The molecule has 0 radical (unpaired) electrons. The van der Waals surface area contributed by atoms with Gasteiger partial charge in [-0.05, 0) is 37.6 Å². The molecule has 31 heavy (non-hydrogen) atoms. The average molecular weight is 476 g/mol. The summed E-state index contributed by atoms with van der Waals surface area (Å²) in [7, 11) is 0. The summed E-state index contributed by atoms with van der Waals surface area (Å²) < 4.78 is 50.7. The fourth-order valence-corrected chi connectivity index (χ4v) is 3.16. The third-order valence-corrected chi connectivity index (χ3v) is 5.09. The lowest BCUT2D eigenvalue weighted by molar-refractivity contribution is -0.141. The smallest absolute Gasteiger partial charge is 0.436 e. The van der Waals surface area contributed by atoms with Crippen LogP contribution < -0.4 is 10.1 Å². The van der Waals surface area contributed by atoms with E-state index >= 15 is 0 Å². The maximum atomic E-state index is 12.9. The Bertz CT molecular complexity index is 1060. The summed E-state index contributed by atoms with van der Waals surface area (Å²) in [5.74, 6) is 0.575. The largest absolute Gasteiger partial charge is 0.484 e. The molecule has 1 amide bonds. The molecule has 1 N–H and O–H groups in total. The molecule has 0 saturated heterocycles. The summed E-state index contributed by atoms with van der Waals surface area (Å²) in [4.78, 5) is 12.2. The number of hydrogen-bond acceptors (Lipinski definition) is 4. The number of hydrogen-bond donors (Lipinski definition) is 1. The maximum Gasteiger partial charge on any atom is 0.436 e. The second-order valence-corrected chi connectivity index (χ2v) is 7.35. The van der Waals surface area contributed by atoms with Crippen molar-refractivity contribution < 1.29 is 27.1 Å². The standard InChI is InChI=1S/C20H18Cl2F3N3O3/c1-12-17(22)18(20(23,24)25)27-28(12)10-4-9-26-19(29)16-8-7-13(31-16)11-30-15-6-3-2-5-14(15)21/h2-3,5-8H,4,9-11H2,1H3,(H,26,29). The minimum Gasteiger partial charge on any atom is -0.484 e. The van der Waals surface area contributed by atoms with Crippen molar-refractivity contribution in [2.45, 2.75) is 32.7 Å². The first-order valence-corrected chi connectivity index (χ1v) is 9.96. The van der Waals surface area contributed by atoms with Crippen molar-refractivity contribution in [2.75, 3.05) is 6.54 Å². The number of para-hydroxylation sites is 1. The lowest BCUT2D eigenvalue weighted by Crippen LogP contribution is -2.25. The number of halogens is 5. The van der Waals surface area contributed by atoms with Gasteiger partial charge < -0.3 is 14.5 Å². The van der Waals surface area contributed by atoms with Crippen LogP contribution in [0.15, 0.2) is 40.8 Å². The number of benzene rings is 1. The number of aromatic nitrogens is 2. The number of rotatable bonds is 8. The van der Waals surface area contributed by atoms with E-state index < -0.39 is 22.8 Å². The van der Waals surface area contributed by atoms with Crippen LogP contribution in [0.3, 0.4) is 0 Å². The number of nitrogens with zero attached hydrogens (tertiary/aromatic N) is 2. The molecule has 2 aromatic heterocycles. The average Bonchev–Trinajstić information content (AvgIpc) is 3.30. The number of carbonyl (C=O) groups excluding carboxylic acids is 1. The van der Waals surface area contributed by atoms with Gasteiger partial charge in [-0.2, -0.15) is 18.3 Å². The molecule has 166 valence electrons. The fraction of sp³-hybridized carbons (Fsp3) is 0.300. The zero-order valence-corrected chi connectivity index (χ0v) is 17.8. The van der Waals surface area contributed by atoms with Crippen molar-refractivity contribution in [3.8, 4) is 5.75 Å². The van der Waals surface area contributed by atoms with E-state index in [4.69, 9.17) is 32.4 Å². The second-order valence-electron chi connectivity index (χ2n) is 6.56. The number of carbonyl (C=O) groups is 1. The maximum absolute atomic E-state index is 12.9. The summed E-state index contributed by atoms with van der Waals surface area (Å²) in [6, 6.07) is 10.1. The molecule has 0 unspecified atom stereocenters. The highest BCUT2D eigenvalue weighted by molar-refractivity contribution is 6.32. The van der Waals surface area contributed by atoms with Crippen LogP contribution in [-0.4, -0.2) is 22.2 Å². The van der Waals surface area contributed by atoms with Crippen LogP contribution >= 0.6 is 23.2 Å². The van der Waals surface area contributed by atoms with Crippen LogP contribution in [0.4, 0.5) is 13.2 Å². The molecule has 0 bridgehead atoms. The molecule has 0 aliphatic heterocycles. The Morgan fingerprint density at radius 3 is 2.65 bits per heavy atom. The van der Waals surface area contributed by atoms with E-state index in [0.29, 0.717) is 23.0 Å². The molecule has 0 fully saturated rings. The van der Waals surface area contributed by atoms with E-state index in [2.05, 4.69) is 10.4 Å². The number of nitrogens with one attached hydrogen (secondary N) is 1. The molecule has 1 aromatic carbocycles. The van der Waals surface area contributed by atoms with Gasteiger partial charge in [0.1, 0.15) is 18.1 Å². The van der Waals surface area contributed by atoms with E-state index in [1.165, 1.54) is 17.7 Å². The monoisotopic (exact) mass is 475 g/mol. The van der Waals surface area contributed by atoms with Gasteiger partial charge in [0, 0.05) is 13.1 Å². The number of alkyl halides is 3. The molecule has 0 saturated carbocycles. The van der Waals surface area contributed by atoms with E-state index in [9.17, 15) is 18.0 Å². The predicted octanol–water partition coefficient (Wildman–Crippen LogP) is 5.51. The normalized spacial score (nSPS) is 11.5. The first-order chi connectivity index (χ1) is 14.7. The summed E-state index contributed by atoms with van der Waals surface area (Å²) in [6.45, 7) is 1.93. The molecule has 3 rings (SSSR count). The zero-order valence-electron chi connectivity index (χ0n) is 16.3. The van der Waals surface area contributed by atoms with Gasteiger partial charge in [-0.3, -0.25) is 9.48 Å². The van der Waals surface area contributed by atoms with Gasteiger partial charge in [0.15, 0.2) is 11.5 Å². The second kappa shape index (κ2) is 9.65. The van der Waals surface area contributed by atoms with Gasteiger partial charge in [0.25, 0.3) is 5.91 Å².